The third-order valence-electron chi connectivity index (χ3n) is 1.06. The van der Waals surface area contributed by atoms with E-state index < -0.39 is 0 Å². The lowest BCUT2D eigenvalue weighted by Crippen LogP contribution is -1.80. The van der Waals surface area contributed by atoms with Gasteiger partial charge >= 0.3 is 0 Å². The molecule has 11 heavy (non-hydrogen) atoms. The molecule has 0 amide bonds. The molecule has 0 bridgehead atoms. The third-order valence-corrected chi connectivity index (χ3v) is 1.83. The summed E-state index contributed by atoms with van der Waals surface area (Å²) >= 11 is 1.38. The zero-order valence-corrected chi connectivity index (χ0v) is 6.55. The summed E-state index contributed by atoms with van der Waals surface area (Å²) in [6, 6.07) is 0. The predicted molar refractivity (Wildman–Crippen MR) is 44.4 cm³/mol. The van der Waals surface area contributed by atoms with Crippen molar-refractivity contribution in [1.82, 2.24) is 4.98 Å². The molecule has 1 aromatic heterocycles. The highest BCUT2D eigenvalue weighted by molar-refractivity contribution is 7.09. The molecule has 56 valence electrons. The summed E-state index contributed by atoms with van der Waals surface area (Å²) < 4.78 is 0. The molecule has 0 aromatic carbocycles. The second kappa shape index (κ2) is 3.18. The number of nitroso groups, excluding NO2 is 1. The molecule has 0 saturated heterocycles. The van der Waals surface area contributed by atoms with Crippen molar-refractivity contribution < 1.29 is 0 Å². The van der Waals surface area contributed by atoms with Crippen LogP contribution in [0.2, 0.25) is 0 Å². The molecule has 0 aliphatic carbocycles. The molecular weight excluding hydrogens is 162 g/mol. The van der Waals surface area contributed by atoms with Gasteiger partial charge in [-0.15, -0.1) is 16.2 Å². The molecule has 4 nitrogen and oxygen atoms in total. The second-order valence-electron chi connectivity index (χ2n) is 1.80. The Kier molecular flexibility index (Phi) is 2.25. The lowest BCUT2D eigenvalue weighted by atomic mass is 10.4. The lowest BCUT2D eigenvalue weighted by Gasteiger charge is -1.87. The molecule has 0 saturated carbocycles. The largest absolute Gasteiger partial charge is 0.761 e. The van der Waals surface area contributed by atoms with E-state index in [0.717, 1.165) is 5.01 Å². The summed E-state index contributed by atoms with van der Waals surface area (Å²) in [7, 11) is 0. The molecule has 1 heterocycles. The molecule has 1 aromatic rings. The Morgan fingerprint density at radius 3 is 3.00 bits per heavy atom. The SMILES string of the molecule is Cc1nc(C(=C=[N-])N=O)cs1. The van der Waals surface area contributed by atoms with E-state index in [1.807, 2.05) is 0 Å². The van der Waals surface area contributed by atoms with E-state index in [0.29, 0.717) is 5.69 Å². The maximum absolute atomic E-state index is 10.0. The van der Waals surface area contributed by atoms with Gasteiger partial charge in [0.15, 0.2) is 5.70 Å². The molecule has 0 unspecified atom stereocenters. The quantitative estimate of drug-likeness (QED) is 0.496. The zero-order valence-electron chi connectivity index (χ0n) is 5.74. The van der Waals surface area contributed by atoms with E-state index in [1.54, 1.807) is 18.2 Å². The topological polar surface area (TPSA) is 64.6 Å². The minimum absolute atomic E-state index is 0.158. The van der Waals surface area contributed by atoms with Gasteiger partial charge in [0.05, 0.1) is 5.01 Å². The summed E-state index contributed by atoms with van der Waals surface area (Å²) in [5.41, 5.74) is 0.208. The van der Waals surface area contributed by atoms with Crippen LogP contribution in [0.1, 0.15) is 10.7 Å². The van der Waals surface area contributed by atoms with Crippen molar-refractivity contribution >= 4 is 22.9 Å². The number of hydrogen-bond donors (Lipinski definition) is 0. The summed E-state index contributed by atoms with van der Waals surface area (Å²) in [5, 5.41) is 13.4. The van der Waals surface area contributed by atoms with Crippen LogP contribution >= 0.6 is 11.3 Å². The van der Waals surface area contributed by atoms with Gasteiger partial charge in [0.25, 0.3) is 0 Å². The van der Waals surface area contributed by atoms with Crippen molar-refractivity contribution in [3.8, 4) is 0 Å². The van der Waals surface area contributed by atoms with Gasteiger partial charge < -0.3 is 5.41 Å². The van der Waals surface area contributed by atoms with Crippen molar-refractivity contribution in [3.05, 3.63) is 26.4 Å². The molecule has 5 heteroatoms. The van der Waals surface area contributed by atoms with Gasteiger partial charge in [-0.1, -0.05) is 0 Å². The van der Waals surface area contributed by atoms with E-state index >= 15 is 0 Å². The fourth-order valence-electron chi connectivity index (χ4n) is 0.597. The van der Waals surface area contributed by atoms with E-state index in [9.17, 15) is 4.91 Å². The summed E-state index contributed by atoms with van der Waals surface area (Å²) in [4.78, 5) is 13.9. The summed E-state index contributed by atoms with van der Waals surface area (Å²) in [6.07, 6.45) is 0. The van der Waals surface area contributed by atoms with Crippen LogP contribution in [0, 0.1) is 11.8 Å². The number of rotatable bonds is 2. The highest BCUT2D eigenvalue weighted by atomic mass is 32.1. The number of nitrogens with zero attached hydrogens (tertiary/aromatic N) is 3. The molecule has 0 fully saturated rings. The molecule has 0 spiro atoms. The first-order chi connectivity index (χ1) is 5.27. The fourth-order valence-corrected chi connectivity index (χ4v) is 1.19. The van der Waals surface area contributed by atoms with Crippen molar-refractivity contribution in [3.63, 3.8) is 0 Å². The smallest absolute Gasteiger partial charge is 0.153 e. The first kappa shape index (κ1) is 7.78. The molecule has 0 aliphatic heterocycles. The third kappa shape index (κ3) is 1.58. The molecule has 0 radical (unpaired) electrons. The highest BCUT2D eigenvalue weighted by Crippen LogP contribution is 2.15. The molecule has 1 rings (SSSR count). The highest BCUT2D eigenvalue weighted by Gasteiger charge is 2.02. The van der Waals surface area contributed by atoms with Crippen LogP contribution in [-0.4, -0.2) is 10.9 Å². The standard InChI is InChI=1S/C6H4N3OS/c1-4-8-6(3-11-4)5(2-7)9-10/h3H,1H3/q-1. The zero-order chi connectivity index (χ0) is 8.27. The van der Waals surface area contributed by atoms with Crippen LogP contribution in [0.15, 0.2) is 10.6 Å². The Bertz CT molecular complexity index is 324. The summed E-state index contributed by atoms with van der Waals surface area (Å²) in [6.45, 7) is 1.80. The summed E-state index contributed by atoms with van der Waals surface area (Å²) in [5.74, 6) is 1.66. The number of thiazole rings is 1. The average Bonchev–Trinajstić information content (AvgIpc) is 2.39. The maximum atomic E-state index is 10.0. The van der Waals surface area contributed by atoms with Gasteiger partial charge in [-0.25, -0.2) is 10.9 Å². The van der Waals surface area contributed by atoms with Crippen molar-refractivity contribution in [2.45, 2.75) is 6.92 Å². The van der Waals surface area contributed by atoms with Crippen LogP contribution in [-0.2, 0) is 0 Å². The van der Waals surface area contributed by atoms with Crippen molar-refractivity contribution in [1.29, 1.82) is 0 Å². The van der Waals surface area contributed by atoms with Gasteiger partial charge in [0.2, 0.25) is 0 Å². The van der Waals surface area contributed by atoms with Crippen LogP contribution in [0.5, 0.6) is 0 Å². The Morgan fingerprint density at radius 2 is 2.64 bits per heavy atom. The van der Waals surface area contributed by atoms with E-state index in [1.165, 1.54) is 11.3 Å². The van der Waals surface area contributed by atoms with Gasteiger partial charge in [-0.05, 0) is 12.1 Å². The lowest BCUT2D eigenvalue weighted by molar-refractivity contribution is 1.25. The molecular formula is C6H4N3OS-. The minimum atomic E-state index is -0.158. The van der Waals surface area contributed by atoms with E-state index in [4.69, 9.17) is 5.41 Å². The normalized spacial score (nSPS) is 8.82. The molecule has 0 aliphatic rings. The first-order valence-electron chi connectivity index (χ1n) is 2.81. The van der Waals surface area contributed by atoms with Crippen LogP contribution in [0.4, 0.5) is 0 Å². The fraction of sp³-hybridized carbons (Fsp3) is 0.167. The predicted octanol–water partition coefficient (Wildman–Crippen LogP) is 1.80. The minimum Gasteiger partial charge on any atom is -0.761 e. The van der Waals surface area contributed by atoms with Gasteiger partial charge in [0, 0.05) is 5.38 Å². The van der Waals surface area contributed by atoms with Gasteiger partial charge in [0.1, 0.15) is 5.69 Å². The Balaban J connectivity index is 3.10. The Hall–Kier alpha value is -1.32. The average molecular weight is 166 g/mol. The maximum Gasteiger partial charge on any atom is 0.153 e. The second-order valence-corrected chi connectivity index (χ2v) is 2.87. The van der Waals surface area contributed by atoms with Crippen LogP contribution in [0.3, 0.4) is 0 Å². The van der Waals surface area contributed by atoms with Crippen LogP contribution in [0.25, 0.3) is 11.1 Å². The van der Waals surface area contributed by atoms with E-state index in [-0.39, 0.29) is 5.70 Å². The van der Waals surface area contributed by atoms with Crippen molar-refractivity contribution in [2.24, 2.45) is 5.18 Å². The number of hydrogen-bond acceptors (Lipinski definition) is 4. The number of aryl methyl sites for hydroxylation is 1. The Morgan fingerprint density at radius 1 is 1.91 bits per heavy atom. The van der Waals surface area contributed by atoms with Crippen molar-refractivity contribution in [2.75, 3.05) is 0 Å². The van der Waals surface area contributed by atoms with Gasteiger partial charge in [-0.2, -0.15) is 0 Å². The number of aromatic nitrogens is 1. The van der Waals surface area contributed by atoms with Crippen LogP contribution < -0.4 is 0 Å². The van der Waals surface area contributed by atoms with Gasteiger partial charge in [-0.3, -0.25) is 0 Å². The first-order valence-corrected chi connectivity index (χ1v) is 3.69. The monoisotopic (exact) mass is 166 g/mol. The van der Waals surface area contributed by atoms with E-state index in [2.05, 4.69) is 10.2 Å². The Labute approximate surface area is 67.1 Å². The molecule has 0 atom stereocenters. The molecule has 0 N–H and O–H groups in total.